The summed E-state index contributed by atoms with van der Waals surface area (Å²) in [6, 6.07) is 2.57. The summed E-state index contributed by atoms with van der Waals surface area (Å²) in [6.07, 6.45) is 3.02. The molecule has 23 heavy (non-hydrogen) atoms. The standard InChI is InChI=1S/C13H11N7O3/c1-6(12(21)22)19-11-7(5-15-19)10-16-9(8-3-2-4-23-8)18-20(10)13(14)17-11/h2-6H,1H3,(H2,14,17)(H,21,22). The minimum Gasteiger partial charge on any atom is -0.480 e. The molecular weight excluding hydrogens is 302 g/mol. The van der Waals surface area contributed by atoms with Gasteiger partial charge in [0.05, 0.1) is 17.8 Å². The number of carbonyl (C=O) groups is 1. The Morgan fingerprint density at radius 1 is 1.39 bits per heavy atom. The van der Waals surface area contributed by atoms with Crippen LogP contribution in [0.15, 0.2) is 29.0 Å². The van der Waals surface area contributed by atoms with Crippen molar-refractivity contribution in [2.45, 2.75) is 13.0 Å². The predicted molar refractivity (Wildman–Crippen MR) is 78.5 cm³/mol. The molecule has 1 unspecified atom stereocenters. The fourth-order valence-corrected chi connectivity index (χ4v) is 2.33. The van der Waals surface area contributed by atoms with Crippen molar-refractivity contribution in [3.63, 3.8) is 0 Å². The van der Waals surface area contributed by atoms with Crippen LogP contribution in [0, 0.1) is 0 Å². The summed E-state index contributed by atoms with van der Waals surface area (Å²) in [5, 5.41) is 18.1. The van der Waals surface area contributed by atoms with Gasteiger partial charge >= 0.3 is 5.97 Å². The van der Waals surface area contributed by atoms with E-state index in [1.54, 1.807) is 12.1 Å². The molecule has 0 saturated carbocycles. The zero-order valence-corrected chi connectivity index (χ0v) is 11.9. The molecule has 0 aliphatic rings. The highest BCUT2D eigenvalue weighted by Gasteiger charge is 2.22. The second kappa shape index (κ2) is 4.53. The van der Waals surface area contributed by atoms with Gasteiger partial charge in [0.15, 0.2) is 17.1 Å². The van der Waals surface area contributed by atoms with Crippen molar-refractivity contribution < 1.29 is 14.3 Å². The van der Waals surface area contributed by atoms with Crippen LogP contribution in [0.25, 0.3) is 28.3 Å². The fourth-order valence-electron chi connectivity index (χ4n) is 2.33. The highest BCUT2D eigenvalue weighted by molar-refractivity contribution is 5.91. The van der Waals surface area contributed by atoms with Crippen molar-refractivity contribution in [2.24, 2.45) is 0 Å². The first-order chi connectivity index (χ1) is 11.1. The van der Waals surface area contributed by atoms with Crippen LogP contribution in [-0.2, 0) is 4.79 Å². The largest absolute Gasteiger partial charge is 0.480 e. The van der Waals surface area contributed by atoms with E-state index in [2.05, 4.69) is 20.2 Å². The Labute approximate surface area is 128 Å². The molecule has 1 atom stereocenters. The van der Waals surface area contributed by atoms with Crippen LogP contribution in [0.5, 0.6) is 0 Å². The average Bonchev–Trinajstić information content (AvgIpc) is 3.24. The maximum atomic E-state index is 11.2. The molecule has 0 amide bonds. The zero-order valence-electron chi connectivity index (χ0n) is 11.9. The van der Waals surface area contributed by atoms with Crippen LogP contribution < -0.4 is 5.73 Å². The lowest BCUT2D eigenvalue weighted by molar-refractivity contribution is -0.140. The lowest BCUT2D eigenvalue weighted by Gasteiger charge is -2.07. The van der Waals surface area contributed by atoms with E-state index in [0.29, 0.717) is 28.3 Å². The molecule has 10 heteroatoms. The topological polar surface area (TPSA) is 137 Å². The second-order valence-corrected chi connectivity index (χ2v) is 4.96. The number of nitrogen functional groups attached to an aromatic ring is 1. The number of nitrogens with two attached hydrogens (primary N) is 1. The molecule has 0 aliphatic carbocycles. The molecular formula is C13H11N7O3. The van der Waals surface area contributed by atoms with Crippen LogP contribution in [0.2, 0.25) is 0 Å². The van der Waals surface area contributed by atoms with Crippen LogP contribution in [0.1, 0.15) is 13.0 Å². The number of hydrogen-bond donors (Lipinski definition) is 2. The van der Waals surface area contributed by atoms with Gasteiger partial charge in [0.2, 0.25) is 11.8 Å². The van der Waals surface area contributed by atoms with Crippen molar-refractivity contribution in [3.8, 4) is 11.6 Å². The van der Waals surface area contributed by atoms with E-state index in [0.717, 1.165) is 0 Å². The van der Waals surface area contributed by atoms with Crippen LogP contribution in [-0.4, -0.2) is 40.4 Å². The van der Waals surface area contributed by atoms with Gasteiger partial charge in [-0.05, 0) is 19.1 Å². The molecule has 4 rings (SSSR count). The number of aromatic nitrogens is 6. The maximum absolute atomic E-state index is 11.2. The Morgan fingerprint density at radius 3 is 2.91 bits per heavy atom. The van der Waals surface area contributed by atoms with E-state index < -0.39 is 12.0 Å². The molecule has 4 aromatic heterocycles. The first kappa shape index (κ1) is 13.2. The zero-order chi connectivity index (χ0) is 16.1. The van der Waals surface area contributed by atoms with Gasteiger partial charge in [-0.25, -0.2) is 14.5 Å². The van der Waals surface area contributed by atoms with Gasteiger partial charge in [-0.15, -0.1) is 5.10 Å². The van der Waals surface area contributed by atoms with Crippen molar-refractivity contribution in [1.82, 2.24) is 29.4 Å². The Morgan fingerprint density at radius 2 is 2.22 bits per heavy atom. The molecule has 0 spiro atoms. The Balaban J connectivity index is 2.00. The number of furan rings is 1. The van der Waals surface area contributed by atoms with Gasteiger partial charge in [0.1, 0.15) is 6.04 Å². The number of anilines is 1. The van der Waals surface area contributed by atoms with E-state index in [4.69, 9.17) is 15.3 Å². The van der Waals surface area contributed by atoms with Gasteiger partial charge in [0.25, 0.3) is 0 Å². The van der Waals surface area contributed by atoms with Crippen molar-refractivity contribution in [2.75, 3.05) is 5.73 Å². The average molecular weight is 313 g/mol. The first-order valence-electron chi connectivity index (χ1n) is 6.72. The predicted octanol–water partition coefficient (Wildman–Crippen LogP) is 0.962. The number of carboxylic acid groups (broad SMARTS) is 1. The Bertz CT molecular complexity index is 1030. The lowest BCUT2D eigenvalue weighted by atomic mass is 10.3. The smallest absolute Gasteiger partial charge is 0.328 e. The highest BCUT2D eigenvalue weighted by atomic mass is 16.4. The summed E-state index contributed by atoms with van der Waals surface area (Å²) in [5.74, 6) is -0.0901. The third-order valence-corrected chi connectivity index (χ3v) is 3.52. The molecule has 4 aromatic rings. The molecule has 0 bridgehead atoms. The van der Waals surface area contributed by atoms with Gasteiger partial charge in [-0.2, -0.15) is 14.6 Å². The molecule has 0 aromatic carbocycles. The molecule has 116 valence electrons. The molecule has 10 nitrogen and oxygen atoms in total. The number of rotatable bonds is 3. The van der Waals surface area contributed by atoms with E-state index in [1.165, 1.54) is 28.6 Å². The molecule has 0 aliphatic heterocycles. The van der Waals surface area contributed by atoms with E-state index in [-0.39, 0.29) is 5.95 Å². The molecule has 0 radical (unpaired) electrons. The van der Waals surface area contributed by atoms with Gasteiger partial charge in [-0.1, -0.05) is 0 Å². The number of hydrogen-bond acceptors (Lipinski definition) is 7. The fraction of sp³-hybridized carbons (Fsp3) is 0.154. The molecule has 0 fully saturated rings. The first-order valence-corrected chi connectivity index (χ1v) is 6.72. The third-order valence-electron chi connectivity index (χ3n) is 3.52. The number of nitrogens with zero attached hydrogens (tertiary/aromatic N) is 6. The monoisotopic (exact) mass is 313 g/mol. The van der Waals surface area contributed by atoms with Crippen LogP contribution in [0.3, 0.4) is 0 Å². The minimum absolute atomic E-state index is 0.0807. The van der Waals surface area contributed by atoms with Crippen LogP contribution in [0.4, 0.5) is 5.95 Å². The maximum Gasteiger partial charge on any atom is 0.328 e. The van der Waals surface area contributed by atoms with Crippen LogP contribution >= 0.6 is 0 Å². The van der Waals surface area contributed by atoms with Gasteiger partial charge in [-0.3, -0.25) is 0 Å². The summed E-state index contributed by atoms with van der Waals surface area (Å²) in [6.45, 7) is 1.51. The number of carboxylic acids is 1. The number of fused-ring (bicyclic) bond motifs is 3. The summed E-state index contributed by atoms with van der Waals surface area (Å²) >= 11 is 0. The van der Waals surface area contributed by atoms with E-state index >= 15 is 0 Å². The van der Waals surface area contributed by atoms with E-state index in [1.807, 2.05) is 0 Å². The van der Waals surface area contributed by atoms with Gasteiger partial charge in [0, 0.05) is 0 Å². The molecule has 3 N–H and O–H groups in total. The Hall–Kier alpha value is -3.43. The van der Waals surface area contributed by atoms with Crippen molar-refractivity contribution in [3.05, 3.63) is 24.6 Å². The molecule has 0 saturated heterocycles. The summed E-state index contributed by atoms with van der Waals surface area (Å²) in [7, 11) is 0. The highest BCUT2D eigenvalue weighted by Crippen LogP contribution is 2.24. The van der Waals surface area contributed by atoms with Crippen molar-refractivity contribution in [1.29, 1.82) is 0 Å². The van der Waals surface area contributed by atoms with Gasteiger partial charge < -0.3 is 15.3 Å². The Kier molecular flexibility index (Phi) is 2.61. The molecule has 4 heterocycles. The number of aliphatic carboxylic acids is 1. The lowest BCUT2D eigenvalue weighted by Crippen LogP contribution is -2.17. The van der Waals surface area contributed by atoms with Crippen molar-refractivity contribution >= 4 is 28.6 Å². The normalized spacial score (nSPS) is 12.9. The minimum atomic E-state index is -1.02. The second-order valence-electron chi connectivity index (χ2n) is 4.96. The summed E-state index contributed by atoms with van der Waals surface area (Å²) < 4.78 is 7.94. The summed E-state index contributed by atoms with van der Waals surface area (Å²) in [4.78, 5) is 19.8. The third kappa shape index (κ3) is 1.84. The van der Waals surface area contributed by atoms with E-state index in [9.17, 15) is 4.79 Å². The summed E-state index contributed by atoms with van der Waals surface area (Å²) in [5.41, 5.74) is 6.69. The SMILES string of the molecule is CC(C(=O)O)n1ncc2c1nc(N)n1nc(-c3ccco3)nc21. The quantitative estimate of drug-likeness (QED) is 0.570.